The van der Waals surface area contributed by atoms with Crippen LogP contribution in [0.3, 0.4) is 0 Å². The fraction of sp³-hybridized carbons (Fsp3) is 0.0714. The third kappa shape index (κ3) is 14.3. The predicted molar refractivity (Wildman–Crippen MR) is 223 cm³/mol. The van der Waals surface area contributed by atoms with Crippen LogP contribution in [0.15, 0.2) is 180 Å². The van der Waals surface area contributed by atoms with Crippen LogP contribution in [0.25, 0.3) is 0 Å². The quantitative estimate of drug-likeness (QED) is 0.0391. The van der Waals surface area contributed by atoms with Gasteiger partial charge in [0.25, 0.3) is 0 Å². The summed E-state index contributed by atoms with van der Waals surface area (Å²) in [7, 11) is -3.58. The molecule has 3 aromatic carbocycles. The highest BCUT2D eigenvalue weighted by Crippen LogP contribution is 2.58. The minimum absolute atomic E-state index is 0.127. The summed E-state index contributed by atoms with van der Waals surface area (Å²) in [5.41, 5.74) is 9.63. The summed E-state index contributed by atoms with van der Waals surface area (Å²) in [5.74, 6) is 0.289. The van der Waals surface area contributed by atoms with Crippen molar-refractivity contribution in [3.8, 4) is 17.2 Å². The van der Waals surface area contributed by atoms with Crippen LogP contribution in [0.4, 0.5) is 0 Å². The molecule has 0 radical (unpaired) electrons. The van der Waals surface area contributed by atoms with E-state index in [1.54, 1.807) is 124 Å². The van der Waals surface area contributed by atoms with E-state index in [4.69, 9.17) is 25.8 Å². The number of carbonyl (C=O) groups is 3. The summed E-state index contributed by atoms with van der Waals surface area (Å²) in [4.78, 5) is 36.8. The maximum atomic E-state index is 12.3. The first-order valence-electron chi connectivity index (χ1n) is 18.0. The van der Waals surface area contributed by atoms with Crippen LogP contribution in [-0.4, -0.2) is 36.4 Å². The lowest BCUT2D eigenvalue weighted by Crippen LogP contribution is -2.40. The molecule has 0 bridgehead atoms. The number of amides is 3. The average molecular weight is 829 g/mol. The minimum Gasteiger partial charge on any atom is -0.429 e. The zero-order valence-corrected chi connectivity index (χ0v) is 33.1. The Balaban J connectivity index is 1.09. The van der Waals surface area contributed by atoms with Crippen molar-refractivity contribution < 1.29 is 41.7 Å². The van der Waals surface area contributed by atoms with Crippen molar-refractivity contribution in [3.05, 3.63) is 181 Å². The summed E-state index contributed by atoms with van der Waals surface area (Å²) in [6.45, 7) is 0.380. The first-order chi connectivity index (χ1) is 28.8. The molecule has 3 N–H and O–H groups in total. The number of hydrazone groups is 3. The van der Waals surface area contributed by atoms with Crippen molar-refractivity contribution in [1.29, 1.82) is 0 Å². The fourth-order valence-electron chi connectivity index (χ4n) is 5.05. The summed E-state index contributed by atoms with van der Waals surface area (Å²) in [6.07, 6.45) is 15.3. The van der Waals surface area contributed by atoms with Gasteiger partial charge in [0.1, 0.15) is 0 Å². The van der Waals surface area contributed by atoms with Gasteiger partial charge in [0.2, 0.25) is 19.6 Å². The van der Waals surface area contributed by atoms with Crippen molar-refractivity contribution in [2.24, 2.45) is 15.3 Å². The molecule has 15 nitrogen and oxygen atoms in total. The number of carbonyl (C=O) groups excluding carboxylic acids is 3. The number of pyridine rings is 3. The lowest BCUT2D eigenvalue weighted by Gasteiger charge is -2.27. The number of nitrogens with one attached hydrogen (secondary N) is 3. The molecule has 296 valence electrons. The van der Waals surface area contributed by atoms with Crippen molar-refractivity contribution >= 4 is 55.8 Å². The van der Waals surface area contributed by atoms with Gasteiger partial charge < -0.3 is 12.2 Å². The van der Waals surface area contributed by atoms with E-state index in [0.717, 1.165) is 0 Å². The van der Waals surface area contributed by atoms with Gasteiger partial charge in [0, 0.05) is 36.4 Å². The van der Waals surface area contributed by atoms with E-state index in [-0.39, 0.29) is 37.4 Å². The largest absolute Gasteiger partial charge is 0.429 e. The number of nitrogens with zero attached hydrogens (tertiary/aromatic N) is 6. The monoisotopic (exact) mass is 828 g/mol. The first kappa shape index (κ1) is 41.3. The Morgan fingerprint density at radius 2 is 0.712 bits per heavy atom. The Bertz CT molecular complexity index is 2110. The molecule has 3 heterocycles. The molecule has 59 heavy (non-hydrogen) atoms. The summed E-state index contributed by atoms with van der Waals surface area (Å²) >= 11 is 5.92. The third-order valence-corrected chi connectivity index (χ3v) is 9.79. The van der Waals surface area contributed by atoms with Crippen molar-refractivity contribution in [1.82, 2.24) is 16.3 Å². The van der Waals surface area contributed by atoms with Gasteiger partial charge in [0.15, 0.2) is 54.4 Å². The van der Waals surface area contributed by atoms with E-state index >= 15 is 0 Å². The highest BCUT2D eigenvalue weighted by Gasteiger charge is 2.34. The molecule has 0 unspecified atom stereocenters. The summed E-state index contributed by atoms with van der Waals surface area (Å²) in [6, 6.07) is 37.2. The van der Waals surface area contributed by atoms with Gasteiger partial charge >= 0.3 is 24.9 Å². The Hall–Kier alpha value is -7.29. The number of benzene rings is 3. The average Bonchev–Trinajstić information content (AvgIpc) is 3.24. The van der Waals surface area contributed by atoms with Crippen LogP contribution >= 0.6 is 7.15 Å². The Kier molecular flexibility index (Phi) is 14.9. The van der Waals surface area contributed by atoms with E-state index in [0.29, 0.717) is 33.9 Å². The number of aromatic nitrogens is 3. The molecule has 6 rings (SSSR count). The topological polar surface area (TPSA) is 164 Å². The van der Waals surface area contributed by atoms with Gasteiger partial charge in [-0.15, -0.1) is 0 Å². The lowest BCUT2D eigenvalue weighted by atomic mass is 10.2. The normalized spacial score (nSPS) is 11.3. The van der Waals surface area contributed by atoms with Gasteiger partial charge in [0.05, 0.1) is 18.6 Å². The lowest BCUT2D eigenvalue weighted by molar-refractivity contribution is -0.684. The fourth-order valence-corrected chi connectivity index (χ4v) is 7.07. The van der Waals surface area contributed by atoms with E-state index in [1.807, 2.05) is 54.6 Å². The van der Waals surface area contributed by atoms with Gasteiger partial charge in [-0.25, -0.2) is 16.3 Å². The van der Waals surface area contributed by atoms with Crippen LogP contribution in [0.1, 0.15) is 16.7 Å². The number of hydrogen-bond donors (Lipinski definition) is 3. The van der Waals surface area contributed by atoms with Crippen molar-refractivity contribution in [3.63, 3.8) is 0 Å². The molecule has 0 atom stereocenters. The van der Waals surface area contributed by atoms with Gasteiger partial charge in [-0.2, -0.15) is 29.0 Å². The molecule has 0 saturated heterocycles. The van der Waals surface area contributed by atoms with E-state index in [2.05, 4.69) is 31.6 Å². The molecule has 3 aromatic heterocycles. The smallest absolute Gasteiger partial charge is 0.424 e. The highest BCUT2D eigenvalue weighted by atomic mass is 32.7. The Labute approximate surface area is 346 Å². The maximum Gasteiger partial charge on any atom is 0.424 e. The predicted octanol–water partition coefficient (Wildman–Crippen LogP) is 3.76. The summed E-state index contributed by atoms with van der Waals surface area (Å²) in [5, 5.41) is 12.2. The SMILES string of the molecule is O=C(C[n+]1ccccc1)N/N=C\c1ccc(O[P+]([S-])(Oc2ccc(/C=N\NC(=O)C[n+]3ccccc3)cc2)Oc2ccc(/C=N\NC(=O)C[n+]3ccccc3)cc2)cc1. The zero-order chi connectivity index (χ0) is 41.1. The molecule has 0 aliphatic carbocycles. The Morgan fingerprint density at radius 1 is 0.458 bits per heavy atom. The van der Waals surface area contributed by atoms with Gasteiger partial charge in [-0.3, -0.25) is 28.0 Å². The molecule has 0 saturated carbocycles. The van der Waals surface area contributed by atoms with E-state index in [1.165, 1.54) is 18.6 Å². The van der Waals surface area contributed by atoms with Crippen LogP contribution < -0.4 is 43.5 Å². The molecule has 0 spiro atoms. The van der Waals surface area contributed by atoms with Crippen molar-refractivity contribution in [2.45, 2.75) is 19.6 Å². The maximum absolute atomic E-state index is 12.3. The van der Waals surface area contributed by atoms with Crippen LogP contribution in [0, 0.1) is 0 Å². The number of rotatable bonds is 18. The molecule has 3 amide bonds. The standard InChI is InChI=1S/C42H36N9O6PS/c52-40(31-49-22-4-1-5-23-49)46-43-28-34-10-16-37(17-11-34)55-58(59,56-38-18-12-35(13-19-38)29-44-47-41(53)32-50-24-6-2-7-25-50)57-39-20-14-36(15-21-39)30-45-48-42(54)33-51-26-8-3-9-27-51/h1-30H,31-33H2/p+3/b43-28-,44-29-,45-30-. The van der Waals surface area contributed by atoms with E-state index < -0.39 is 7.15 Å². The van der Waals surface area contributed by atoms with Crippen LogP contribution in [0.2, 0.25) is 0 Å². The second-order valence-electron chi connectivity index (χ2n) is 12.5. The summed E-state index contributed by atoms with van der Waals surface area (Å²) < 4.78 is 23.9. The molecule has 0 fully saturated rings. The molecule has 17 heteroatoms. The second-order valence-corrected chi connectivity index (χ2v) is 15.2. The molecule has 0 aliphatic rings. The molecular weight excluding hydrogens is 790 g/mol. The van der Waals surface area contributed by atoms with Crippen LogP contribution in [0.5, 0.6) is 17.2 Å². The number of hydrogen-bond acceptors (Lipinski definition) is 10. The molecule has 0 aliphatic heterocycles. The van der Waals surface area contributed by atoms with Gasteiger partial charge in [-0.1, -0.05) is 18.2 Å². The Morgan fingerprint density at radius 3 is 0.966 bits per heavy atom. The second kappa shape index (κ2) is 21.3. The highest BCUT2D eigenvalue weighted by molar-refractivity contribution is 8.36. The van der Waals surface area contributed by atoms with E-state index in [9.17, 15) is 14.4 Å². The minimum atomic E-state index is -3.58. The molecule has 6 aromatic rings. The zero-order valence-electron chi connectivity index (χ0n) is 31.4. The van der Waals surface area contributed by atoms with Gasteiger partial charge in [-0.05, 0) is 89.5 Å². The third-order valence-electron chi connectivity index (χ3n) is 7.81. The molecular formula is C42H39N9O6PS+3. The van der Waals surface area contributed by atoms with Crippen LogP contribution in [-0.2, 0) is 46.3 Å². The van der Waals surface area contributed by atoms with Crippen molar-refractivity contribution in [2.75, 3.05) is 0 Å². The first-order valence-corrected chi connectivity index (χ1v) is 20.6.